The second-order valence-electron chi connectivity index (χ2n) is 7.91. The van der Waals surface area contributed by atoms with Gasteiger partial charge in [-0.15, -0.1) is 10.2 Å². The third kappa shape index (κ3) is 4.95. The van der Waals surface area contributed by atoms with E-state index in [9.17, 15) is 14.7 Å². The lowest BCUT2D eigenvalue weighted by molar-refractivity contribution is -0.132. The predicted octanol–water partition coefficient (Wildman–Crippen LogP) is 5.51. The summed E-state index contributed by atoms with van der Waals surface area (Å²) in [6.07, 6.45) is 3.15. The number of aromatic nitrogens is 3. The maximum absolute atomic E-state index is 13.3. The van der Waals surface area contributed by atoms with Gasteiger partial charge in [0.1, 0.15) is 11.5 Å². The maximum atomic E-state index is 13.3. The number of ether oxygens (including phenoxy) is 1. The van der Waals surface area contributed by atoms with Crippen LogP contribution in [0, 0.1) is 0 Å². The summed E-state index contributed by atoms with van der Waals surface area (Å²) < 4.78 is 5.78. The minimum Gasteiger partial charge on any atom is -0.507 e. The Morgan fingerprint density at radius 1 is 1.11 bits per heavy atom. The van der Waals surface area contributed by atoms with Gasteiger partial charge in [0.05, 0.1) is 18.7 Å². The van der Waals surface area contributed by atoms with Crippen molar-refractivity contribution < 1.29 is 19.4 Å². The van der Waals surface area contributed by atoms with Crippen LogP contribution in [0.3, 0.4) is 0 Å². The molecule has 0 radical (unpaired) electrons. The first-order valence-electron chi connectivity index (χ1n) is 11.0. The van der Waals surface area contributed by atoms with E-state index in [1.807, 2.05) is 24.3 Å². The summed E-state index contributed by atoms with van der Waals surface area (Å²) in [4.78, 5) is 31.9. The summed E-state index contributed by atoms with van der Waals surface area (Å²) in [5.41, 5.74) is 1.82. The standard InChI is InChI=1S/C26H19ClN4O4S2/c1-35-18-10-8-15(9-11-18)22(32)20-21(16-6-4-12-28-13-16)31(24(34)23(20)33)25-29-30-26(37-25)36-14-17-5-2-3-7-19(17)27/h2-13,21,32H,14H2,1H3/b22-20-. The van der Waals surface area contributed by atoms with Gasteiger partial charge in [-0.1, -0.05) is 59.0 Å². The van der Waals surface area contributed by atoms with Crippen LogP contribution in [-0.2, 0) is 15.3 Å². The van der Waals surface area contributed by atoms with Crippen molar-refractivity contribution >= 4 is 57.3 Å². The average Bonchev–Trinajstić information content (AvgIpc) is 3.50. The number of aliphatic hydroxyl groups excluding tert-OH is 1. The third-order valence-electron chi connectivity index (χ3n) is 5.72. The van der Waals surface area contributed by atoms with Crippen LogP contribution in [-0.4, -0.2) is 39.1 Å². The molecular weight excluding hydrogens is 532 g/mol. The van der Waals surface area contributed by atoms with Gasteiger partial charge in [0, 0.05) is 28.7 Å². The van der Waals surface area contributed by atoms with Crippen LogP contribution in [0.15, 0.2) is 83.0 Å². The molecule has 1 atom stereocenters. The maximum Gasteiger partial charge on any atom is 0.301 e. The van der Waals surface area contributed by atoms with Crippen molar-refractivity contribution in [3.05, 3.63) is 100 Å². The first-order chi connectivity index (χ1) is 18.0. The highest BCUT2D eigenvalue weighted by molar-refractivity contribution is 8.00. The molecule has 1 amide bonds. The summed E-state index contributed by atoms with van der Waals surface area (Å²) in [7, 11) is 1.53. The molecule has 186 valence electrons. The number of anilines is 1. The predicted molar refractivity (Wildman–Crippen MR) is 143 cm³/mol. The van der Waals surface area contributed by atoms with Gasteiger partial charge in [0.2, 0.25) is 5.13 Å². The molecule has 0 spiro atoms. The minimum absolute atomic E-state index is 0.0522. The first kappa shape index (κ1) is 24.9. The largest absolute Gasteiger partial charge is 0.507 e. The molecule has 1 unspecified atom stereocenters. The molecule has 1 N–H and O–H groups in total. The van der Waals surface area contributed by atoms with Gasteiger partial charge in [-0.05, 0) is 47.5 Å². The molecule has 1 aliphatic heterocycles. The van der Waals surface area contributed by atoms with Crippen molar-refractivity contribution in [2.45, 2.75) is 16.1 Å². The molecule has 0 saturated carbocycles. The van der Waals surface area contributed by atoms with Crippen molar-refractivity contribution in [2.24, 2.45) is 0 Å². The number of methoxy groups -OCH3 is 1. The van der Waals surface area contributed by atoms with Gasteiger partial charge in [-0.25, -0.2) is 0 Å². The second kappa shape index (κ2) is 10.7. The van der Waals surface area contributed by atoms with Crippen LogP contribution >= 0.6 is 34.7 Å². The zero-order chi connectivity index (χ0) is 25.9. The Balaban J connectivity index is 1.52. The Bertz CT molecular complexity index is 1490. The van der Waals surface area contributed by atoms with Crippen LogP contribution in [0.25, 0.3) is 5.76 Å². The SMILES string of the molecule is COc1ccc(/C(O)=C2/C(=O)C(=O)N(c3nnc(SCc4ccccc4Cl)s3)C2c2cccnc2)cc1. The lowest BCUT2D eigenvalue weighted by Crippen LogP contribution is -2.29. The Labute approximate surface area is 225 Å². The number of ketones is 1. The molecule has 1 aliphatic rings. The molecule has 37 heavy (non-hydrogen) atoms. The van der Waals surface area contributed by atoms with Crippen LogP contribution in [0.2, 0.25) is 5.02 Å². The van der Waals surface area contributed by atoms with E-state index in [-0.39, 0.29) is 16.5 Å². The van der Waals surface area contributed by atoms with Gasteiger partial charge in [-0.2, -0.15) is 0 Å². The van der Waals surface area contributed by atoms with E-state index < -0.39 is 17.7 Å². The molecule has 0 bridgehead atoms. The van der Waals surface area contributed by atoms with Crippen LogP contribution in [0.4, 0.5) is 5.13 Å². The van der Waals surface area contributed by atoms with Crippen molar-refractivity contribution in [3.63, 3.8) is 0 Å². The number of thioether (sulfide) groups is 1. The molecular formula is C26H19ClN4O4S2. The summed E-state index contributed by atoms with van der Waals surface area (Å²) >= 11 is 8.87. The van der Waals surface area contributed by atoms with E-state index in [4.69, 9.17) is 16.3 Å². The number of carbonyl (C=O) groups excluding carboxylic acids is 2. The second-order valence-corrected chi connectivity index (χ2v) is 10.5. The number of nitrogens with zero attached hydrogens (tertiary/aromatic N) is 4. The third-order valence-corrected chi connectivity index (χ3v) is 8.19. The van der Waals surface area contributed by atoms with E-state index >= 15 is 0 Å². The van der Waals surface area contributed by atoms with Crippen LogP contribution in [0.5, 0.6) is 5.75 Å². The fraction of sp³-hybridized carbons (Fsp3) is 0.115. The molecule has 1 saturated heterocycles. The molecule has 2 aromatic carbocycles. The van der Waals surface area contributed by atoms with E-state index in [2.05, 4.69) is 15.2 Å². The molecule has 2 aromatic heterocycles. The number of hydrogen-bond acceptors (Lipinski definition) is 9. The normalized spacial score (nSPS) is 16.8. The number of aliphatic hydroxyl groups is 1. The van der Waals surface area contributed by atoms with Crippen LogP contribution in [0.1, 0.15) is 22.7 Å². The lowest BCUT2D eigenvalue weighted by Gasteiger charge is -2.22. The smallest absolute Gasteiger partial charge is 0.301 e. The van der Waals surface area contributed by atoms with Crippen molar-refractivity contribution in [3.8, 4) is 5.75 Å². The minimum atomic E-state index is -0.926. The Morgan fingerprint density at radius 3 is 2.59 bits per heavy atom. The monoisotopic (exact) mass is 550 g/mol. The van der Waals surface area contributed by atoms with Gasteiger partial charge >= 0.3 is 5.91 Å². The van der Waals surface area contributed by atoms with Crippen molar-refractivity contribution in [1.29, 1.82) is 0 Å². The zero-order valence-electron chi connectivity index (χ0n) is 19.4. The van der Waals surface area contributed by atoms with E-state index in [1.54, 1.807) is 48.8 Å². The van der Waals surface area contributed by atoms with Crippen molar-refractivity contribution in [1.82, 2.24) is 15.2 Å². The quantitative estimate of drug-likeness (QED) is 0.105. The summed E-state index contributed by atoms with van der Waals surface area (Å²) in [6, 6.07) is 16.6. The number of amides is 1. The molecule has 11 heteroatoms. The van der Waals surface area contributed by atoms with Crippen LogP contribution < -0.4 is 9.64 Å². The highest BCUT2D eigenvalue weighted by Crippen LogP contribution is 2.44. The molecule has 8 nitrogen and oxygen atoms in total. The number of hydrogen-bond donors (Lipinski definition) is 1. The van der Waals surface area contributed by atoms with E-state index in [0.29, 0.717) is 32.0 Å². The highest BCUT2D eigenvalue weighted by atomic mass is 35.5. The fourth-order valence-corrected chi connectivity index (χ4v) is 6.05. The Hall–Kier alpha value is -3.73. The first-order valence-corrected chi connectivity index (χ1v) is 13.2. The number of rotatable bonds is 7. The molecule has 0 aliphatic carbocycles. The van der Waals surface area contributed by atoms with Gasteiger partial charge in [-0.3, -0.25) is 19.5 Å². The van der Waals surface area contributed by atoms with Gasteiger partial charge in [0.25, 0.3) is 5.78 Å². The molecule has 1 fully saturated rings. The number of Topliss-reactive ketones (excluding diaryl/α,β-unsaturated/α-hetero) is 1. The Morgan fingerprint density at radius 2 is 1.89 bits per heavy atom. The average molecular weight is 551 g/mol. The van der Waals surface area contributed by atoms with E-state index in [0.717, 1.165) is 5.56 Å². The van der Waals surface area contributed by atoms with Crippen molar-refractivity contribution in [2.75, 3.05) is 12.0 Å². The van der Waals surface area contributed by atoms with Gasteiger partial charge in [0.15, 0.2) is 4.34 Å². The van der Waals surface area contributed by atoms with E-state index in [1.165, 1.54) is 35.1 Å². The highest BCUT2D eigenvalue weighted by Gasteiger charge is 2.48. The number of pyridine rings is 1. The fourth-order valence-electron chi connectivity index (χ4n) is 3.90. The van der Waals surface area contributed by atoms with Gasteiger partial charge < -0.3 is 9.84 Å². The summed E-state index contributed by atoms with van der Waals surface area (Å²) in [5.74, 6) is -0.756. The Kier molecular flexibility index (Phi) is 7.22. The lowest BCUT2D eigenvalue weighted by atomic mass is 9.96. The number of halogens is 1. The molecule has 3 heterocycles. The number of benzene rings is 2. The molecule has 5 rings (SSSR count). The summed E-state index contributed by atoms with van der Waals surface area (Å²) in [6.45, 7) is 0. The summed E-state index contributed by atoms with van der Waals surface area (Å²) in [5, 5.41) is 20.5. The zero-order valence-corrected chi connectivity index (χ0v) is 21.8. The topological polar surface area (TPSA) is 106 Å². The number of carbonyl (C=O) groups is 2. The molecule has 4 aromatic rings.